The third kappa shape index (κ3) is 4.85. The van der Waals surface area contributed by atoms with Crippen LogP contribution in [0.4, 0.5) is 0 Å². The van der Waals surface area contributed by atoms with Gasteiger partial charge in [-0.1, -0.05) is 6.07 Å². The number of thiophene rings is 1. The summed E-state index contributed by atoms with van der Waals surface area (Å²) in [7, 11) is -2.20. The summed E-state index contributed by atoms with van der Waals surface area (Å²) in [4.78, 5) is 33.4. The molecular weight excluding hydrogens is 440 g/mol. The van der Waals surface area contributed by atoms with Gasteiger partial charge in [0.25, 0.3) is 11.5 Å². The Morgan fingerprint density at radius 3 is 3.00 bits per heavy atom. The topological polar surface area (TPSA) is 121 Å². The number of hydrogen-bond donors (Lipinski definition) is 2. The van der Waals surface area contributed by atoms with Gasteiger partial charge in [-0.25, -0.2) is 18.1 Å². The molecule has 1 aromatic carbocycles. The lowest BCUT2D eigenvalue weighted by Gasteiger charge is -2.17. The van der Waals surface area contributed by atoms with Gasteiger partial charge in [0.2, 0.25) is 10.0 Å². The summed E-state index contributed by atoms with van der Waals surface area (Å²) >= 11 is 1.30. The fourth-order valence-electron chi connectivity index (χ4n) is 3.40. The fourth-order valence-corrected chi connectivity index (χ4v) is 5.24. The number of carbonyl (C=O) groups is 1. The van der Waals surface area contributed by atoms with Crippen LogP contribution >= 0.6 is 11.3 Å². The van der Waals surface area contributed by atoms with E-state index in [9.17, 15) is 18.0 Å². The standard InChI is InChI=1S/C20H22N4O5S2/c1-24(12-17-22-16-7-9-30-18(16)19(25)23-17)20(26)13-4-2-6-15(10-13)31(27,28)21-11-14-5-3-8-29-14/h2,4,6-7,9-10,14,21H,3,5,8,11-12H2,1H3,(H,22,23,25)/t14-/m1/s1. The average molecular weight is 463 g/mol. The predicted octanol–water partition coefficient (Wildman–Crippen LogP) is 1.71. The van der Waals surface area contributed by atoms with Gasteiger partial charge in [0.15, 0.2) is 0 Å². The molecule has 0 saturated carbocycles. The number of rotatable bonds is 7. The molecular formula is C20H22N4O5S2. The molecule has 0 bridgehead atoms. The van der Waals surface area contributed by atoms with E-state index in [2.05, 4.69) is 14.7 Å². The van der Waals surface area contributed by atoms with Crippen molar-refractivity contribution in [3.63, 3.8) is 0 Å². The van der Waals surface area contributed by atoms with E-state index >= 15 is 0 Å². The molecule has 11 heteroatoms. The molecule has 1 saturated heterocycles. The molecule has 1 fully saturated rings. The molecule has 0 unspecified atom stereocenters. The van der Waals surface area contributed by atoms with Crippen LogP contribution in [-0.2, 0) is 21.3 Å². The van der Waals surface area contributed by atoms with Crippen molar-refractivity contribution in [1.29, 1.82) is 0 Å². The van der Waals surface area contributed by atoms with Gasteiger partial charge in [-0.2, -0.15) is 0 Å². The SMILES string of the molecule is CN(Cc1nc2ccsc2c(=O)[nH]1)C(=O)c1cccc(S(=O)(=O)NC[C@H]2CCCO2)c1. The summed E-state index contributed by atoms with van der Waals surface area (Å²) in [5.74, 6) is -0.0296. The lowest BCUT2D eigenvalue weighted by atomic mass is 10.2. The van der Waals surface area contributed by atoms with Crippen molar-refractivity contribution in [2.24, 2.45) is 0 Å². The quantitative estimate of drug-likeness (QED) is 0.551. The molecule has 1 aliphatic rings. The maximum atomic E-state index is 12.9. The lowest BCUT2D eigenvalue weighted by Crippen LogP contribution is -2.32. The summed E-state index contributed by atoms with van der Waals surface area (Å²) in [5, 5.41) is 1.78. The number of ether oxygens (including phenoxy) is 1. The normalized spacial score (nSPS) is 16.6. The van der Waals surface area contributed by atoms with Crippen LogP contribution in [0.25, 0.3) is 10.2 Å². The number of carbonyl (C=O) groups excluding carboxylic acids is 1. The van der Waals surface area contributed by atoms with Crippen molar-refractivity contribution < 1.29 is 17.9 Å². The second kappa shape index (κ2) is 8.87. The molecule has 1 atom stereocenters. The fraction of sp³-hybridized carbons (Fsp3) is 0.350. The number of nitrogens with one attached hydrogen (secondary N) is 2. The molecule has 0 aliphatic carbocycles. The molecule has 2 aromatic heterocycles. The van der Waals surface area contributed by atoms with E-state index in [0.717, 1.165) is 12.8 Å². The Labute approximate surface area is 183 Å². The number of hydrogen-bond acceptors (Lipinski definition) is 7. The van der Waals surface area contributed by atoms with E-state index in [4.69, 9.17) is 4.74 Å². The first-order chi connectivity index (χ1) is 14.8. The second-order valence-electron chi connectivity index (χ2n) is 7.32. The van der Waals surface area contributed by atoms with Crippen molar-refractivity contribution in [3.05, 3.63) is 57.5 Å². The Morgan fingerprint density at radius 2 is 2.23 bits per heavy atom. The molecule has 1 amide bonds. The zero-order valence-electron chi connectivity index (χ0n) is 16.8. The highest BCUT2D eigenvalue weighted by atomic mass is 32.2. The van der Waals surface area contributed by atoms with E-state index in [1.807, 2.05) is 0 Å². The molecule has 4 rings (SSSR count). The number of sulfonamides is 1. The van der Waals surface area contributed by atoms with E-state index in [0.29, 0.717) is 22.6 Å². The van der Waals surface area contributed by atoms with Crippen LogP contribution in [-0.4, -0.2) is 55.5 Å². The van der Waals surface area contributed by atoms with Gasteiger partial charge >= 0.3 is 0 Å². The largest absolute Gasteiger partial charge is 0.377 e. The summed E-state index contributed by atoms with van der Waals surface area (Å²) in [6.07, 6.45) is 1.61. The monoisotopic (exact) mass is 462 g/mol. The van der Waals surface area contributed by atoms with Gasteiger partial charge in [-0.05, 0) is 42.5 Å². The number of aromatic nitrogens is 2. The smallest absolute Gasteiger partial charge is 0.268 e. The molecule has 1 aliphatic heterocycles. The van der Waals surface area contributed by atoms with E-state index in [-0.39, 0.29) is 41.1 Å². The second-order valence-corrected chi connectivity index (χ2v) is 10.0. The molecule has 31 heavy (non-hydrogen) atoms. The van der Waals surface area contributed by atoms with E-state index in [1.54, 1.807) is 24.6 Å². The maximum absolute atomic E-state index is 12.9. The zero-order chi connectivity index (χ0) is 22.0. The summed E-state index contributed by atoms with van der Waals surface area (Å²) in [5.41, 5.74) is 0.553. The van der Waals surface area contributed by atoms with E-state index in [1.165, 1.54) is 34.4 Å². The highest BCUT2D eigenvalue weighted by Crippen LogP contribution is 2.17. The van der Waals surface area contributed by atoms with Gasteiger partial charge in [0, 0.05) is 25.8 Å². The van der Waals surface area contributed by atoms with E-state index < -0.39 is 10.0 Å². The van der Waals surface area contributed by atoms with Crippen molar-refractivity contribution in [1.82, 2.24) is 19.6 Å². The first kappa shape index (κ1) is 21.6. The number of fused-ring (bicyclic) bond motifs is 1. The molecule has 0 radical (unpaired) electrons. The van der Waals surface area contributed by atoms with Crippen molar-refractivity contribution in [2.75, 3.05) is 20.2 Å². The van der Waals surface area contributed by atoms with Crippen LogP contribution in [0.5, 0.6) is 0 Å². The number of benzene rings is 1. The number of nitrogens with zero attached hydrogens (tertiary/aromatic N) is 2. The highest BCUT2D eigenvalue weighted by molar-refractivity contribution is 7.89. The predicted molar refractivity (Wildman–Crippen MR) is 117 cm³/mol. The Kier molecular flexibility index (Phi) is 6.19. The van der Waals surface area contributed by atoms with Gasteiger partial charge in [0.1, 0.15) is 10.5 Å². The third-order valence-corrected chi connectivity index (χ3v) is 7.34. The molecule has 2 N–H and O–H groups in total. The maximum Gasteiger partial charge on any atom is 0.268 e. The Bertz CT molecular complexity index is 1260. The summed E-state index contributed by atoms with van der Waals surface area (Å²) < 4.78 is 33.8. The minimum absolute atomic E-state index is 0.0102. The number of amides is 1. The van der Waals surface area contributed by atoms with Crippen molar-refractivity contribution in [3.8, 4) is 0 Å². The summed E-state index contributed by atoms with van der Waals surface area (Å²) in [6, 6.07) is 7.61. The number of aromatic amines is 1. The highest BCUT2D eigenvalue weighted by Gasteiger charge is 2.22. The molecule has 3 heterocycles. The van der Waals surface area contributed by atoms with Gasteiger partial charge in [-0.3, -0.25) is 9.59 Å². The van der Waals surface area contributed by atoms with Crippen LogP contribution in [0.2, 0.25) is 0 Å². The minimum atomic E-state index is -3.77. The van der Waals surface area contributed by atoms with Gasteiger partial charge in [0.05, 0.1) is 23.1 Å². The summed E-state index contributed by atoms with van der Waals surface area (Å²) in [6.45, 7) is 0.917. The Balaban J connectivity index is 1.48. The average Bonchev–Trinajstić information content (AvgIpc) is 3.44. The zero-order valence-corrected chi connectivity index (χ0v) is 18.5. The lowest BCUT2D eigenvalue weighted by molar-refractivity contribution is 0.0781. The van der Waals surface area contributed by atoms with Gasteiger partial charge in [-0.15, -0.1) is 11.3 Å². The Hall–Kier alpha value is -2.60. The molecule has 0 spiro atoms. The first-order valence-electron chi connectivity index (χ1n) is 9.77. The first-order valence-corrected chi connectivity index (χ1v) is 12.1. The third-order valence-electron chi connectivity index (χ3n) is 5.01. The van der Waals surface area contributed by atoms with Crippen molar-refractivity contribution in [2.45, 2.75) is 30.4 Å². The molecule has 164 valence electrons. The molecule has 9 nitrogen and oxygen atoms in total. The van der Waals surface area contributed by atoms with Crippen LogP contribution < -0.4 is 10.3 Å². The minimum Gasteiger partial charge on any atom is -0.377 e. The van der Waals surface area contributed by atoms with Crippen LogP contribution in [0.3, 0.4) is 0 Å². The molecule has 3 aromatic rings. The number of H-pyrrole nitrogens is 1. The Morgan fingerprint density at radius 1 is 1.39 bits per heavy atom. The van der Waals surface area contributed by atoms with Gasteiger partial charge < -0.3 is 14.6 Å². The van der Waals surface area contributed by atoms with Crippen LogP contribution in [0.1, 0.15) is 29.0 Å². The van der Waals surface area contributed by atoms with Crippen LogP contribution in [0, 0.1) is 0 Å². The van der Waals surface area contributed by atoms with Crippen LogP contribution in [0.15, 0.2) is 45.4 Å². The van der Waals surface area contributed by atoms with Crippen molar-refractivity contribution >= 4 is 37.5 Å².